The van der Waals surface area contributed by atoms with Gasteiger partial charge in [0.2, 0.25) is 0 Å². The van der Waals surface area contributed by atoms with Gasteiger partial charge in [0, 0.05) is 12.0 Å². The summed E-state index contributed by atoms with van der Waals surface area (Å²) in [6.07, 6.45) is -1.46. The fourth-order valence-corrected chi connectivity index (χ4v) is 2.39. The smallest absolute Gasteiger partial charge is 0.133 e. The van der Waals surface area contributed by atoms with E-state index in [4.69, 9.17) is 4.74 Å². The average Bonchev–Trinajstić information content (AvgIpc) is 2.38. The number of rotatable bonds is 1. The SMILES string of the molecule is OC1CC(c2c(F)cccc2F)Oc2ccccc21. The van der Waals surface area contributed by atoms with E-state index in [1.165, 1.54) is 18.2 Å². The Labute approximate surface area is 109 Å². The van der Waals surface area contributed by atoms with Crippen LogP contribution < -0.4 is 4.74 Å². The maximum atomic E-state index is 13.7. The number of benzene rings is 2. The number of fused-ring (bicyclic) bond motifs is 1. The molecular formula is C15H12F2O2. The van der Waals surface area contributed by atoms with Crippen molar-refractivity contribution in [1.29, 1.82) is 0 Å². The predicted molar refractivity (Wildman–Crippen MR) is 65.7 cm³/mol. The van der Waals surface area contributed by atoms with E-state index < -0.39 is 23.8 Å². The zero-order valence-corrected chi connectivity index (χ0v) is 10.0. The van der Waals surface area contributed by atoms with Crippen molar-refractivity contribution in [3.8, 4) is 5.75 Å². The molecule has 0 bridgehead atoms. The number of hydrogen-bond acceptors (Lipinski definition) is 2. The molecule has 0 radical (unpaired) electrons. The maximum Gasteiger partial charge on any atom is 0.133 e. The Morgan fingerprint density at radius 2 is 1.68 bits per heavy atom. The standard InChI is InChI=1S/C15H12F2O2/c16-10-5-3-6-11(17)15(10)14-8-12(18)9-4-1-2-7-13(9)19-14/h1-7,12,14,18H,8H2. The quantitative estimate of drug-likeness (QED) is 0.852. The van der Waals surface area contributed by atoms with Crippen LogP contribution in [0.2, 0.25) is 0 Å². The molecule has 0 aromatic heterocycles. The van der Waals surface area contributed by atoms with E-state index in [1.807, 2.05) is 0 Å². The number of hydrogen-bond donors (Lipinski definition) is 1. The topological polar surface area (TPSA) is 29.5 Å². The lowest BCUT2D eigenvalue weighted by molar-refractivity contribution is 0.0621. The van der Waals surface area contributed by atoms with Crippen LogP contribution in [0.3, 0.4) is 0 Å². The molecule has 1 N–H and O–H groups in total. The van der Waals surface area contributed by atoms with Crippen molar-refractivity contribution in [2.45, 2.75) is 18.6 Å². The molecule has 1 aliphatic heterocycles. The first kappa shape index (κ1) is 12.1. The fourth-order valence-electron chi connectivity index (χ4n) is 2.39. The number of aliphatic hydroxyl groups is 1. The lowest BCUT2D eigenvalue weighted by atomic mass is 9.94. The van der Waals surface area contributed by atoms with Crippen molar-refractivity contribution >= 4 is 0 Å². The molecular weight excluding hydrogens is 250 g/mol. The number of para-hydroxylation sites is 1. The molecule has 19 heavy (non-hydrogen) atoms. The highest BCUT2D eigenvalue weighted by Crippen LogP contribution is 2.41. The maximum absolute atomic E-state index is 13.7. The van der Waals surface area contributed by atoms with E-state index >= 15 is 0 Å². The van der Waals surface area contributed by atoms with Crippen LogP contribution in [0.5, 0.6) is 5.75 Å². The highest BCUT2D eigenvalue weighted by atomic mass is 19.1. The molecule has 2 atom stereocenters. The summed E-state index contributed by atoms with van der Waals surface area (Å²) in [6, 6.07) is 10.7. The van der Waals surface area contributed by atoms with E-state index in [-0.39, 0.29) is 12.0 Å². The third kappa shape index (κ3) is 2.08. The second-order valence-corrected chi connectivity index (χ2v) is 4.53. The van der Waals surface area contributed by atoms with Crippen molar-refractivity contribution in [3.63, 3.8) is 0 Å². The van der Waals surface area contributed by atoms with E-state index in [2.05, 4.69) is 0 Å². The van der Waals surface area contributed by atoms with Gasteiger partial charge in [0.25, 0.3) is 0 Å². The molecule has 1 heterocycles. The minimum absolute atomic E-state index is 0.129. The van der Waals surface area contributed by atoms with Crippen molar-refractivity contribution in [3.05, 3.63) is 65.2 Å². The predicted octanol–water partition coefficient (Wildman–Crippen LogP) is 3.52. The van der Waals surface area contributed by atoms with Crippen LogP contribution in [0.1, 0.15) is 29.8 Å². The lowest BCUT2D eigenvalue weighted by Gasteiger charge is -2.30. The monoisotopic (exact) mass is 262 g/mol. The van der Waals surface area contributed by atoms with Gasteiger partial charge in [-0.3, -0.25) is 0 Å². The molecule has 0 aliphatic carbocycles. The van der Waals surface area contributed by atoms with Crippen molar-refractivity contribution in [2.75, 3.05) is 0 Å². The Morgan fingerprint density at radius 3 is 2.42 bits per heavy atom. The summed E-state index contributed by atoms with van der Waals surface area (Å²) in [7, 11) is 0. The molecule has 0 saturated carbocycles. The third-order valence-electron chi connectivity index (χ3n) is 3.31. The molecule has 0 amide bonds. The zero-order valence-electron chi connectivity index (χ0n) is 10.0. The van der Waals surface area contributed by atoms with Gasteiger partial charge in [-0.25, -0.2) is 8.78 Å². The van der Waals surface area contributed by atoms with Crippen LogP contribution in [0.15, 0.2) is 42.5 Å². The number of aliphatic hydroxyl groups excluding tert-OH is 1. The van der Waals surface area contributed by atoms with Gasteiger partial charge in [0.15, 0.2) is 0 Å². The molecule has 0 fully saturated rings. The molecule has 2 nitrogen and oxygen atoms in total. The van der Waals surface area contributed by atoms with E-state index in [0.717, 1.165) is 0 Å². The van der Waals surface area contributed by atoms with Crippen LogP contribution in [-0.4, -0.2) is 5.11 Å². The number of halogens is 2. The summed E-state index contributed by atoms with van der Waals surface area (Å²) >= 11 is 0. The van der Waals surface area contributed by atoms with E-state index in [0.29, 0.717) is 11.3 Å². The molecule has 3 rings (SSSR count). The van der Waals surface area contributed by atoms with E-state index in [9.17, 15) is 13.9 Å². The normalized spacial score (nSPS) is 21.6. The number of ether oxygens (including phenoxy) is 1. The summed E-state index contributed by atoms with van der Waals surface area (Å²) in [5.41, 5.74) is 0.520. The van der Waals surface area contributed by atoms with E-state index in [1.54, 1.807) is 24.3 Å². The van der Waals surface area contributed by atoms with Crippen LogP contribution >= 0.6 is 0 Å². The summed E-state index contributed by atoms with van der Waals surface area (Å²) in [4.78, 5) is 0. The Balaban J connectivity index is 2.02. The first-order valence-corrected chi connectivity index (χ1v) is 6.04. The van der Waals surface area contributed by atoms with Crippen LogP contribution in [0.4, 0.5) is 8.78 Å². The first-order valence-electron chi connectivity index (χ1n) is 6.04. The van der Waals surface area contributed by atoms with Gasteiger partial charge in [-0.1, -0.05) is 24.3 Å². The third-order valence-corrected chi connectivity index (χ3v) is 3.31. The fraction of sp³-hybridized carbons (Fsp3) is 0.200. The summed E-state index contributed by atoms with van der Waals surface area (Å²) in [5.74, 6) is -0.845. The molecule has 2 aromatic carbocycles. The minimum Gasteiger partial charge on any atom is -0.485 e. The largest absolute Gasteiger partial charge is 0.485 e. The molecule has 4 heteroatoms. The minimum atomic E-state index is -0.814. The summed E-state index contributed by atoms with van der Waals surface area (Å²) < 4.78 is 33.1. The molecule has 0 spiro atoms. The van der Waals surface area contributed by atoms with Gasteiger partial charge < -0.3 is 9.84 Å². The van der Waals surface area contributed by atoms with Gasteiger partial charge in [0.05, 0.1) is 11.7 Å². The van der Waals surface area contributed by atoms with Gasteiger partial charge in [-0.2, -0.15) is 0 Å². The van der Waals surface area contributed by atoms with Gasteiger partial charge >= 0.3 is 0 Å². The Bertz CT molecular complexity index is 593. The molecule has 1 aliphatic rings. The van der Waals surface area contributed by atoms with Crippen molar-refractivity contribution in [2.24, 2.45) is 0 Å². The van der Waals surface area contributed by atoms with Crippen LogP contribution in [-0.2, 0) is 0 Å². The Hall–Kier alpha value is -1.94. The summed E-state index contributed by atoms with van der Waals surface area (Å²) in [6.45, 7) is 0. The van der Waals surface area contributed by atoms with Crippen LogP contribution in [0, 0.1) is 11.6 Å². The summed E-state index contributed by atoms with van der Waals surface area (Å²) in [5, 5.41) is 10.0. The Kier molecular flexibility index (Phi) is 2.95. The highest BCUT2D eigenvalue weighted by molar-refractivity contribution is 5.38. The van der Waals surface area contributed by atoms with Crippen molar-refractivity contribution in [1.82, 2.24) is 0 Å². The molecule has 98 valence electrons. The Morgan fingerprint density at radius 1 is 1.00 bits per heavy atom. The average molecular weight is 262 g/mol. The second kappa shape index (κ2) is 4.63. The highest BCUT2D eigenvalue weighted by Gasteiger charge is 2.31. The molecule has 0 saturated heterocycles. The van der Waals surface area contributed by atoms with Gasteiger partial charge in [-0.15, -0.1) is 0 Å². The zero-order chi connectivity index (χ0) is 13.4. The molecule has 2 aromatic rings. The lowest BCUT2D eigenvalue weighted by Crippen LogP contribution is -2.21. The van der Waals surface area contributed by atoms with Crippen molar-refractivity contribution < 1.29 is 18.6 Å². The molecule has 2 unspecified atom stereocenters. The van der Waals surface area contributed by atoms with Gasteiger partial charge in [-0.05, 0) is 18.2 Å². The second-order valence-electron chi connectivity index (χ2n) is 4.53. The first-order chi connectivity index (χ1) is 9.16. The van der Waals surface area contributed by atoms with Gasteiger partial charge in [0.1, 0.15) is 23.5 Å². The van der Waals surface area contributed by atoms with Crippen LogP contribution in [0.25, 0.3) is 0 Å².